The van der Waals surface area contributed by atoms with Crippen LogP contribution in [-0.2, 0) is 0 Å². The van der Waals surface area contributed by atoms with Crippen LogP contribution in [0.1, 0.15) is 20.8 Å². The first-order valence-corrected chi connectivity index (χ1v) is 10.1. The van der Waals surface area contributed by atoms with Gasteiger partial charge in [0.15, 0.2) is 5.13 Å². The first-order chi connectivity index (χ1) is 12.8. The van der Waals surface area contributed by atoms with Gasteiger partial charge >= 0.3 is 5.00 Å². The zero-order chi connectivity index (χ0) is 19.7. The van der Waals surface area contributed by atoms with Gasteiger partial charge < -0.3 is 4.90 Å². The van der Waals surface area contributed by atoms with E-state index in [9.17, 15) is 14.9 Å². The molecule has 0 saturated heterocycles. The van der Waals surface area contributed by atoms with Gasteiger partial charge in [0, 0.05) is 6.07 Å². The van der Waals surface area contributed by atoms with Gasteiger partial charge in [0.05, 0.1) is 47.2 Å². The molecule has 0 atom stereocenters. The molecular weight excluding hydrogens is 384 g/mol. The Balaban J connectivity index is 1.99. The molecule has 9 heteroatoms. The molecule has 0 bridgehead atoms. The second-order valence-corrected chi connectivity index (χ2v) is 8.78. The van der Waals surface area contributed by atoms with Crippen LogP contribution in [0.3, 0.4) is 0 Å². The van der Waals surface area contributed by atoms with Crippen molar-refractivity contribution in [2.75, 3.05) is 32.1 Å². The van der Waals surface area contributed by atoms with E-state index in [-0.39, 0.29) is 10.9 Å². The number of thiophene rings is 1. The van der Waals surface area contributed by atoms with Gasteiger partial charge in [-0.05, 0) is 43.2 Å². The quantitative estimate of drug-likeness (QED) is 0.505. The lowest BCUT2D eigenvalue weighted by molar-refractivity contribution is -0.856. The molecule has 0 saturated carbocycles. The predicted molar refractivity (Wildman–Crippen MR) is 109 cm³/mol. The minimum Gasteiger partial charge on any atom is -0.338 e. The highest BCUT2D eigenvalue weighted by Crippen LogP contribution is 2.33. The second kappa shape index (κ2) is 7.71. The summed E-state index contributed by atoms with van der Waals surface area (Å²) in [5, 5.41) is 11.5. The van der Waals surface area contributed by atoms with Gasteiger partial charge in [-0.25, -0.2) is 4.98 Å². The summed E-state index contributed by atoms with van der Waals surface area (Å²) in [6.45, 7) is 5.33. The van der Waals surface area contributed by atoms with E-state index >= 15 is 0 Å². The van der Waals surface area contributed by atoms with Crippen molar-refractivity contribution in [2.24, 2.45) is 0 Å². The van der Waals surface area contributed by atoms with E-state index in [2.05, 4.69) is 18.0 Å². The minimum atomic E-state index is -0.473. The highest BCUT2D eigenvalue weighted by Gasteiger charge is 2.25. The van der Waals surface area contributed by atoms with Crippen molar-refractivity contribution in [1.82, 2.24) is 4.98 Å². The van der Waals surface area contributed by atoms with E-state index in [0.29, 0.717) is 16.6 Å². The highest BCUT2D eigenvalue weighted by molar-refractivity contribution is 7.22. The van der Waals surface area contributed by atoms with Crippen molar-refractivity contribution in [2.45, 2.75) is 13.8 Å². The third-order valence-corrected chi connectivity index (χ3v) is 6.35. The number of benzene rings is 1. The maximum absolute atomic E-state index is 13.1. The molecule has 0 unspecified atom stereocenters. The predicted octanol–water partition coefficient (Wildman–Crippen LogP) is 2.67. The van der Waals surface area contributed by atoms with Gasteiger partial charge in [0.2, 0.25) is 0 Å². The van der Waals surface area contributed by atoms with Crippen molar-refractivity contribution in [3.8, 4) is 0 Å². The zero-order valence-electron chi connectivity index (χ0n) is 15.6. The molecule has 2 heterocycles. The number of carbonyl (C=O) groups excluding carboxylic acids is 1. The molecule has 142 valence electrons. The summed E-state index contributed by atoms with van der Waals surface area (Å²) in [4.78, 5) is 31.4. The summed E-state index contributed by atoms with van der Waals surface area (Å²) in [5.74, 6) is -0.248. The molecule has 0 aliphatic heterocycles. The number of aromatic nitrogens is 1. The van der Waals surface area contributed by atoms with Gasteiger partial charge in [-0.2, -0.15) is 0 Å². The number of quaternary nitrogens is 1. The standard InChI is InChI=1S/C18H20N4O3S2/c1-11-9-13-15(10-12(11)2)27-18(19-13)21(8-7-20(3)4)17(23)14-5-6-16(26-14)22(24)25/h5-6,9-10H,7-8H2,1-4H3/p+1. The van der Waals surface area contributed by atoms with E-state index in [4.69, 9.17) is 0 Å². The summed E-state index contributed by atoms with van der Waals surface area (Å²) in [6.07, 6.45) is 0. The first kappa shape index (κ1) is 19.4. The SMILES string of the molecule is Cc1cc2nc(N(CC[NH+](C)C)C(=O)c3ccc([N+](=O)[O-])s3)sc2cc1C. The van der Waals surface area contributed by atoms with Gasteiger partial charge in [0.1, 0.15) is 0 Å². The Labute approximate surface area is 165 Å². The molecule has 1 amide bonds. The molecule has 7 nitrogen and oxygen atoms in total. The monoisotopic (exact) mass is 405 g/mol. The third kappa shape index (κ3) is 4.15. The van der Waals surface area contributed by atoms with Crippen LogP contribution < -0.4 is 9.80 Å². The maximum Gasteiger partial charge on any atom is 0.324 e. The average molecular weight is 406 g/mol. The van der Waals surface area contributed by atoms with Crippen molar-refractivity contribution >= 4 is 48.9 Å². The Bertz CT molecular complexity index is 970. The number of rotatable bonds is 6. The molecule has 0 radical (unpaired) electrons. The first-order valence-electron chi connectivity index (χ1n) is 8.49. The summed E-state index contributed by atoms with van der Waals surface area (Å²) in [5.41, 5.74) is 3.20. The van der Waals surface area contributed by atoms with Crippen molar-refractivity contribution in [1.29, 1.82) is 0 Å². The van der Waals surface area contributed by atoms with Crippen LogP contribution in [0.2, 0.25) is 0 Å². The smallest absolute Gasteiger partial charge is 0.324 e. The fourth-order valence-corrected chi connectivity index (χ4v) is 4.42. The Kier molecular flexibility index (Phi) is 5.54. The number of nitro groups is 1. The van der Waals surface area contributed by atoms with Crippen LogP contribution in [0.15, 0.2) is 24.3 Å². The zero-order valence-corrected chi connectivity index (χ0v) is 17.2. The molecule has 27 heavy (non-hydrogen) atoms. The summed E-state index contributed by atoms with van der Waals surface area (Å²) in [6, 6.07) is 7.00. The number of fused-ring (bicyclic) bond motifs is 1. The average Bonchev–Trinajstić information content (AvgIpc) is 3.22. The van der Waals surface area contributed by atoms with E-state index in [1.165, 1.54) is 33.9 Å². The normalized spacial score (nSPS) is 11.3. The van der Waals surface area contributed by atoms with Crippen molar-refractivity contribution in [3.05, 3.63) is 50.4 Å². The summed E-state index contributed by atoms with van der Waals surface area (Å²) in [7, 11) is 4.04. The van der Waals surface area contributed by atoms with Gasteiger partial charge in [-0.1, -0.05) is 22.7 Å². The number of anilines is 1. The van der Waals surface area contributed by atoms with E-state index < -0.39 is 4.92 Å². The molecule has 0 fully saturated rings. The van der Waals surface area contributed by atoms with Crippen LogP contribution in [-0.4, -0.2) is 43.0 Å². The number of hydrogen-bond acceptors (Lipinski definition) is 6. The Morgan fingerprint density at radius 3 is 2.56 bits per heavy atom. The Morgan fingerprint density at radius 1 is 1.22 bits per heavy atom. The van der Waals surface area contributed by atoms with Gasteiger partial charge in [-0.15, -0.1) is 0 Å². The lowest BCUT2D eigenvalue weighted by Gasteiger charge is -2.19. The van der Waals surface area contributed by atoms with E-state index in [1.54, 1.807) is 4.90 Å². The topological polar surface area (TPSA) is 80.8 Å². The number of thiazole rings is 1. The van der Waals surface area contributed by atoms with Crippen LogP contribution in [0.5, 0.6) is 0 Å². The van der Waals surface area contributed by atoms with Crippen LogP contribution in [0.25, 0.3) is 10.2 Å². The van der Waals surface area contributed by atoms with Crippen LogP contribution in [0, 0.1) is 24.0 Å². The molecular formula is C18H21N4O3S2+. The minimum absolute atomic E-state index is 0.0351. The molecule has 3 rings (SSSR count). The van der Waals surface area contributed by atoms with Crippen LogP contribution >= 0.6 is 22.7 Å². The molecule has 1 aromatic carbocycles. The Morgan fingerprint density at radius 2 is 1.93 bits per heavy atom. The Hall–Kier alpha value is -2.36. The maximum atomic E-state index is 13.1. The number of nitrogens with one attached hydrogen (secondary N) is 1. The van der Waals surface area contributed by atoms with Crippen molar-refractivity contribution in [3.63, 3.8) is 0 Å². The molecule has 0 aliphatic carbocycles. The van der Waals surface area contributed by atoms with Gasteiger partial charge in [0.25, 0.3) is 5.91 Å². The number of amides is 1. The number of hydrogen-bond donors (Lipinski definition) is 1. The lowest BCUT2D eigenvalue weighted by Crippen LogP contribution is -3.06. The van der Waals surface area contributed by atoms with Gasteiger partial charge in [-0.3, -0.25) is 19.8 Å². The molecule has 1 N–H and O–H groups in total. The number of nitrogens with zero attached hydrogens (tertiary/aromatic N) is 3. The van der Waals surface area contributed by atoms with Crippen molar-refractivity contribution < 1.29 is 14.6 Å². The lowest BCUT2D eigenvalue weighted by atomic mass is 10.1. The summed E-state index contributed by atoms with van der Waals surface area (Å²) < 4.78 is 1.03. The highest BCUT2D eigenvalue weighted by atomic mass is 32.1. The molecule has 2 aromatic heterocycles. The molecule has 3 aromatic rings. The van der Waals surface area contributed by atoms with Crippen LogP contribution in [0.4, 0.5) is 10.1 Å². The molecule has 0 spiro atoms. The number of carbonyl (C=O) groups is 1. The van der Waals surface area contributed by atoms with E-state index in [1.807, 2.05) is 27.1 Å². The number of aryl methyl sites for hydroxylation is 2. The fraction of sp³-hybridized carbons (Fsp3) is 0.333. The summed E-state index contributed by atoms with van der Waals surface area (Å²) >= 11 is 2.37. The largest absolute Gasteiger partial charge is 0.338 e. The third-order valence-electron chi connectivity index (χ3n) is 4.29. The molecule has 0 aliphatic rings. The fourth-order valence-electron chi connectivity index (χ4n) is 2.58. The second-order valence-electron chi connectivity index (χ2n) is 6.71. The van der Waals surface area contributed by atoms with E-state index in [0.717, 1.165) is 33.7 Å². The number of likely N-dealkylation sites (N-methyl/N-ethyl adjacent to an activating group) is 1.